The lowest BCUT2D eigenvalue weighted by Crippen LogP contribution is -2.09. The average molecular weight is 240 g/mol. The van der Waals surface area contributed by atoms with Crippen LogP contribution in [0.1, 0.15) is 0 Å². The molecule has 0 unspecified atom stereocenters. The Bertz CT molecular complexity index is 667. The summed E-state index contributed by atoms with van der Waals surface area (Å²) in [5, 5.41) is 4.28. The molecule has 3 rings (SSSR count). The van der Waals surface area contributed by atoms with Gasteiger partial charge in [0.05, 0.1) is 11.9 Å². The van der Waals surface area contributed by atoms with E-state index in [4.69, 9.17) is 11.6 Å². The molecule has 0 aliphatic heterocycles. The molecule has 18 heavy (non-hydrogen) atoms. The molecule has 0 saturated carbocycles. The summed E-state index contributed by atoms with van der Waals surface area (Å²) in [7, 11) is 0. The molecular weight excluding hydrogens is 228 g/mol. The summed E-state index contributed by atoms with van der Waals surface area (Å²) in [6.07, 6.45) is 5.06. The highest BCUT2D eigenvalue weighted by Crippen LogP contribution is 2.23. The summed E-state index contributed by atoms with van der Waals surface area (Å²) in [5.41, 5.74) is 8.27. The minimum atomic E-state index is 0.419. The molecule has 1 aromatic carbocycles. The van der Waals surface area contributed by atoms with Crippen LogP contribution in [0, 0.1) is 0 Å². The second-order valence-electron chi connectivity index (χ2n) is 3.89. The number of aromatic nitrogens is 4. The Morgan fingerprint density at radius 2 is 1.89 bits per heavy atom. The van der Waals surface area contributed by atoms with Crippen molar-refractivity contribution >= 4 is 5.82 Å². The zero-order valence-electron chi connectivity index (χ0n) is 9.56. The highest BCUT2D eigenvalue weighted by atomic mass is 15.3. The van der Waals surface area contributed by atoms with E-state index >= 15 is 0 Å². The van der Waals surface area contributed by atoms with Crippen molar-refractivity contribution in [3.8, 4) is 16.9 Å². The van der Waals surface area contributed by atoms with Crippen molar-refractivity contribution in [1.82, 2.24) is 19.4 Å². The molecule has 0 fully saturated rings. The Balaban J connectivity index is 2.02. The van der Waals surface area contributed by atoms with Crippen molar-refractivity contribution in [2.45, 2.75) is 0 Å². The highest BCUT2D eigenvalue weighted by Gasteiger charge is 2.10. The fraction of sp³-hybridized carbons (Fsp3) is 0. The Hall–Kier alpha value is -2.76. The van der Waals surface area contributed by atoms with Crippen LogP contribution in [0.15, 0.2) is 49.1 Å². The van der Waals surface area contributed by atoms with Crippen molar-refractivity contribution < 1.29 is 0 Å². The Morgan fingerprint density at radius 1 is 1.11 bits per heavy atom. The number of benzene rings is 1. The van der Waals surface area contributed by atoms with E-state index in [0.717, 1.165) is 11.3 Å². The van der Waals surface area contributed by atoms with Crippen LogP contribution in [0.25, 0.3) is 16.9 Å². The maximum absolute atomic E-state index is 5.82. The van der Waals surface area contributed by atoms with Crippen molar-refractivity contribution in [2.75, 3.05) is 11.6 Å². The number of anilines is 1. The third kappa shape index (κ3) is 1.60. The van der Waals surface area contributed by atoms with Crippen molar-refractivity contribution in [3.63, 3.8) is 0 Å². The van der Waals surface area contributed by atoms with E-state index in [-0.39, 0.29) is 0 Å². The molecule has 0 amide bonds. The van der Waals surface area contributed by atoms with Crippen molar-refractivity contribution in [2.24, 2.45) is 0 Å². The Labute approximate surface area is 103 Å². The maximum atomic E-state index is 5.82. The summed E-state index contributed by atoms with van der Waals surface area (Å²) in [6, 6.07) is 9.82. The molecular formula is C12H12N6. The number of hydrogen-bond acceptors (Lipinski definition) is 4. The third-order valence-corrected chi connectivity index (χ3v) is 2.71. The summed E-state index contributed by atoms with van der Waals surface area (Å²) in [5.74, 6) is 6.02. The fourth-order valence-corrected chi connectivity index (χ4v) is 1.76. The molecule has 0 aliphatic rings. The van der Waals surface area contributed by atoms with Gasteiger partial charge >= 0.3 is 0 Å². The van der Waals surface area contributed by atoms with Crippen LogP contribution in [-0.4, -0.2) is 19.4 Å². The largest absolute Gasteiger partial charge is 0.382 e. The molecule has 0 radical (unpaired) electrons. The van der Waals surface area contributed by atoms with Crippen LogP contribution in [-0.2, 0) is 0 Å². The SMILES string of the molecule is Nc1c(-c2cnn(-c3ccccc3)c2)ncn1N. The average Bonchev–Trinajstić information content (AvgIpc) is 3.00. The lowest BCUT2D eigenvalue weighted by molar-refractivity contribution is 0.881. The van der Waals surface area contributed by atoms with Gasteiger partial charge in [0.25, 0.3) is 0 Å². The summed E-state index contributed by atoms with van der Waals surface area (Å²) < 4.78 is 3.06. The van der Waals surface area contributed by atoms with Gasteiger partial charge < -0.3 is 11.6 Å². The molecule has 0 aliphatic carbocycles. The van der Waals surface area contributed by atoms with Crippen molar-refractivity contribution in [3.05, 3.63) is 49.1 Å². The van der Waals surface area contributed by atoms with E-state index in [1.165, 1.54) is 11.0 Å². The first-order chi connectivity index (χ1) is 8.75. The van der Waals surface area contributed by atoms with E-state index in [1.54, 1.807) is 10.9 Å². The predicted octanol–water partition coefficient (Wildman–Crippen LogP) is 1.03. The van der Waals surface area contributed by atoms with Crippen LogP contribution < -0.4 is 11.6 Å². The van der Waals surface area contributed by atoms with E-state index in [1.807, 2.05) is 36.5 Å². The molecule has 0 saturated heterocycles. The Kier molecular flexibility index (Phi) is 2.26. The zero-order valence-corrected chi connectivity index (χ0v) is 9.56. The monoisotopic (exact) mass is 240 g/mol. The van der Waals surface area contributed by atoms with Crippen LogP contribution >= 0.6 is 0 Å². The van der Waals surface area contributed by atoms with Gasteiger partial charge in [-0.3, -0.25) is 0 Å². The molecule has 2 aromatic heterocycles. The van der Waals surface area contributed by atoms with Gasteiger partial charge in [0.15, 0.2) is 5.82 Å². The Morgan fingerprint density at radius 3 is 2.56 bits per heavy atom. The van der Waals surface area contributed by atoms with Gasteiger partial charge in [-0.25, -0.2) is 14.3 Å². The van der Waals surface area contributed by atoms with Crippen LogP contribution in [0.2, 0.25) is 0 Å². The van der Waals surface area contributed by atoms with Gasteiger partial charge in [0.2, 0.25) is 0 Å². The predicted molar refractivity (Wildman–Crippen MR) is 69.3 cm³/mol. The molecule has 0 spiro atoms. The molecule has 4 N–H and O–H groups in total. The van der Waals surface area contributed by atoms with Gasteiger partial charge in [0, 0.05) is 11.8 Å². The first kappa shape index (κ1) is 10.4. The molecule has 6 heteroatoms. The van der Waals surface area contributed by atoms with Gasteiger partial charge in [-0.15, -0.1) is 0 Å². The molecule has 0 atom stereocenters. The zero-order chi connectivity index (χ0) is 12.5. The first-order valence-corrected chi connectivity index (χ1v) is 5.44. The minimum Gasteiger partial charge on any atom is -0.382 e. The van der Waals surface area contributed by atoms with Crippen molar-refractivity contribution in [1.29, 1.82) is 0 Å². The van der Waals surface area contributed by atoms with E-state index in [2.05, 4.69) is 10.1 Å². The molecule has 6 nitrogen and oxygen atoms in total. The number of para-hydroxylation sites is 1. The standard InChI is InChI=1S/C12H12N6/c13-12-11(15-8-17(12)14)9-6-16-18(7-9)10-4-2-1-3-5-10/h1-8H,13-14H2. The topological polar surface area (TPSA) is 87.7 Å². The maximum Gasteiger partial charge on any atom is 0.150 e. The van der Waals surface area contributed by atoms with Crippen LogP contribution in [0.4, 0.5) is 5.82 Å². The second-order valence-corrected chi connectivity index (χ2v) is 3.89. The van der Waals surface area contributed by atoms with Gasteiger partial charge in [-0.1, -0.05) is 18.2 Å². The summed E-state index contributed by atoms with van der Waals surface area (Å²) in [4.78, 5) is 4.15. The molecule has 2 heterocycles. The van der Waals surface area contributed by atoms with Crippen LogP contribution in [0.5, 0.6) is 0 Å². The smallest absolute Gasteiger partial charge is 0.150 e. The summed E-state index contributed by atoms with van der Waals surface area (Å²) >= 11 is 0. The molecule has 90 valence electrons. The normalized spacial score (nSPS) is 10.7. The molecule has 3 aromatic rings. The number of rotatable bonds is 2. The molecule has 0 bridgehead atoms. The number of imidazole rings is 1. The van der Waals surface area contributed by atoms with E-state index in [9.17, 15) is 0 Å². The minimum absolute atomic E-state index is 0.419. The first-order valence-electron chi connectivity index (χ1n) is 5.44. The lowest BCUT2D eigenvalue weighted by Gasteiger charge is -1.99. The van der Waals surface area contributed by atoms with Crippen LogP contribution in [0.3, 0.4) is 0 Å². The fourth-order valence-electron chi connectivity index (χ4n) is 1.76. The van der Waals surface area contributed by atoms with Gasteiger partial charge in [-0.2, -0.15) is 5.10 Å². The lowest BCUT2D eigenvalue weighted by atomic mass is 10.2. The van der Waals surface area contributed by atoms with Gasteiger partial charge in [0.1, 0.15) is 12.0 Å². The number of nitrogen functional groups attached to an aromatic ring is 2. The van der Waals surface area contributed by atoms with E-state index in [0.29, 0.717) is 11.5 Å². The number of hydrogen-bond donors (Lipinski definition) is 2. The second kappa shape index (κ2) is 3.92. The highest BCUT2D eigenvalue weighted by molar-refractivity contribution is 5.69. The summed E-state index contributed by atoms with van der Waals surface area (Å²) in [6.45, 7) is 0. The third-order valence-electron chi connectivity index (χ3n) is 2.71. The number of nitrogens with zero attached hydrogens (tertiary/aromatic N) is 4. The quantitative estimate of drug-likeness (QED) is 0.655. The van der Waals surface area contributed by atoms with Gasteiger partial charge in [-0.05, 0) is 12.1 Å². The number of nitrogens with two attached hydrogens (primary N) is 2. The van der Waals surface area contributed by atoms with E-state index < -0.39 is 0 Å².